The van der Waals surface area contributed by atoms with E-state index in [9.17, 15) is 4.39 Å². The summed E-state index contributed by atoms with van der Waals surface area (Å²) in [7, 11) is 0. The molecule has 94 valence electrons. The molecule has 1 aliphatic rings. The number of anilines is 1. The molecule has 1 aliphatic heterocycles. The molecule has 1 heterocycles. The van der Waals surface area contributed by atoms with Crippen molar-refractivity contribution in [1.29, 1.82) is 0 Å². The van der Waals surface area contributed by atoms with Gasteiger partial charge < -0.3 is 15.3 Å². The first-order chi connectivity index (χ1) is 8.24. The van der Waals surface area contributed by atoms with E-state index in [1.54, 1.807) is 6.07 Å². The molecule has 2 atom stereocenters. The van der Waals surface area contributed by atoms with E-state index < -0.39 is 0 Å². The topological polar surface area (TPSA) is 35.5 Å². The smallest absolute Gasteiger partial charge is 0.146 e. The number of aliphatic hydroxyl groups is 1. The Kier molecular flexibility index (Phi) is 3.97. The van der Waals surface area contributed by atoms with Crippen molar-refractivity contribution in [2.45, 2.75) is 25.4 Å². The number of benzene rings is 1. The van der Waals surface area contributed by atoms with E-state index in [1.807, 2.05) is 12.1 Å². The molecule has 1 aromatic rings. The van der Waals surface area contributed by atoms with Gasteiger partial charge >= 0.3 is 0 Å². The summed E-state index contributed by atoms with van der Waals surface area (Å²) >= 11 is 0. The highest BCUT2D eigenvalue weighted by Crippen LogP contribution is 2.26. The lowest BCUT2D eigenvalue weighted by atomic mass is 10.0. The number of piperazine rings is 1. The van der Waals surface area contributed by atoms with Crippen molar-refractivity contribution in [3.63, 3.8) is 0 Å². The van der Waals surface area contributed by atoms with Crippen LogP contribution in [0, 0.1) is 5.82 Å². The van der Waals surface area contributed by atoms with Crippen molar-refractivity contribution in [3.8, 4) is 0 Å². The van der Waals surface area contributed by atoms with Gasteiger partial charge in [-0.2, -0.15) is 0 Å². The fourth-order valence-corrected chi connectivity index (χ4v) is 2.50. The summed E-state index contributed by atoms with van der Waals surface area (Å²) in [4.78, 5) is 2.09. The second-order valence-electron chi connectivity index (χ2n) is 4.53. The molecule has 4 heteroatoms. The fourth-order valence-electron chi connectivity index (χ4n) is 2.50. The third kappa shape index (κ3) is 2.58. The van der Waals surface area contributed by atoms with Gasteiger partial charge in [-0.05, 0) is 25.5 Å². The molecule has 0 radical (unpaired) electrons. The van der Waals surface area contributed by atoms with E-state index in [0.29, 0.717) is 12.1 Å². The molecule has 2 unspecified atom stereocenters. The number of para-hydroxylation sites is 1. The summed E-state index contributed by atoms with van der Waals surface area (Å²) in [5, 5.41) is 12.4. The van der Waals surface area contributed by atoms with Gasteiger partial charge in [0.05, 0.1) is 5.69 Å². The van der Waals surface area contributed by atoms with Gasteiger partial charge in [0.25, 0.3) is 0 Å². The second kappa shape index (κ2) is 5.47. The van der Waals surface area contributed by atoms with E-state index in [0.717, 1.165) is 13.1 Å². The van der Waals surface area contributed by atoms with Gasteiger partial charge in [-0.15, -0.1) is 0 Å². The van der Waals surface area contributed by atoms with Gasteiger partial charge in [-0.25, -0.2) is 4.39 Å². The summed E-state index contributed by atoms with van der Waals surface area (Å²) in [6, 6.07) is 7.23. The first-order valence-electron chi connectivity index (χ1n) is 6.08. The summed E-state index contributed by atoms with van der Waals surface area (Å²) in [6.45, 7) is 3.84. The van der Waals surface area contributed by atoms with Gasteiger partial charge in [-0.1, -0.05) is 12.1 Å². The molecular weight excluding hydrogens is 219 g/mol. The molecule has 1 saturated heterocycles. The van der Waals surface area contributed by atoms with Crippen LogP contribution < -0.4 is 10.2 Å². The molecule has 2 N–H and O–H groups in total. The average molecular weight is 238 g/mol. The van der Waals surface area contributed by atoms with E-state index in [2.05, 4.69) is 17.1 Å². The van der Waals surface area contributed by atoms with Crippen LogP contribution in [0.3, 0.4) is 0 Å². The van der Waals surface area contributed by atoms with Crippen LogP contribution >= 0.6 is 0 Å². The maximum Gasteiger partial charge on any atom is 0.146 e. The quantitative estimate of drug-likeness (QED) is 0.835. The van der Waals surface area contributed by atoms with Crippen LogP contribution in [0.2, 0.25) is 0 Å². The Hall–Kier alpha value is -1.13. The SMILES string of the molecule is CC1CNCC(CCO)N1c1ccccc1F. The first-order valence-corrected chi connectivity index (χ1v) is 6.08. The Morgan fingerprint density at radius 1 is 1.41 bits per heavy atom. The standard InChI is InChI=1S/C13H19FN2O/c1-10-8-15-9-11(6-7-17)16(10)13-5-3-2-4-12(13)14/h2-5,10-11,15,17H,6-9H2,1H3. The van der Waals surface area contributed by atoms with E-state index in [4.69, 9.17) is 5.11 Å². The Bertz CT molecular complexity index is 370. The summed E-state index contributed by atoms with van der Waals surface area (Å²) in [5.74, 6) is -0.191. The maximum atomic E-state index is 13.8. The third-order valence-electron chi connectivity index (χ3n) is 3.28. The molecular formula is C13H19FN2O. The monoisotopic (exact) mass is 238 g/mol. The number of hydrogen-bond acceptors (Lipinski definition) is 3. The maximum absolute atomic E-state index is 13.8. The normalized spacial score (nSPS) is 25.0. The predicted octanol–water partition coefficient (Wildman–Crippen LogP) is 1.37. The number of hydrogen-bond donors (Lipinski definition) is 2. The molecule has 0 aromatic heterocycles. The minimum atomic E-state index is -0.191. The Morgan fingerprint density at radius 3 is 2.88 bits per heavy atom. The molecule has 1 fully saturated rings. The second-order valence-corrected chi connectivity index (χ2v) is 4.53. The number of aliphatic hydroxyl groups excluding tert-OH is 1. The Morgan fingerprint density at radius 2 is 2.18 bits per heavy atom. The zero-order chi connectivity index (χ0) is 12.3. The predicted molar refractivity (Wildman–Crippen MR) is 66.7 cm³/mol. The molecule has 0 bridgehead atoms. The van der Waals surface area contributed by atoms with Crippen molar-refractivity contribution < 1.29 is 9.50 Å². The molecule has 0 spiro atoms. The van der Waals surface area contributed by atoms with Crippen LogP contribution in [-0.2, 0) is 0 Å². The van der Waals surface area contributed by atoms with Crippen LogP contribution in [-0.4, -0.2) is 36.9 Å². The van der Waals surface area contributed by atoms with Gasteiger partial charge in [0.15, 0.2) is 0 Å². The van der Waals surface area contributed by atoms with E-state index in [-0.39, 0.29) is 24.5 Å². The van der Waals surface area contributed by atoms with Crippen molar-refractivity contribution >= 4 is 5.69 Å². The van der Waals surface area contributed by atoms with Gasteiger partial charge in [-0.3, -0.25) is 0 Å². The highest BCUT2D eigenvalue weighted by Gasteiger charge is 2.28. The van der Waals surface area contributed by atoms with Gasteiger partial charge in [0, 0.05) is 31.8 Å². The van der Waals surface area contributed by atoms with Crippen LogP contribution in [0.25, 0.3) is 0 Å². The van der Waals surface area contributed by atoms with E-state index in [1.165, 1.54) is 6.07 Å². The van der Waals surface area contributed by atoms with Crippen LogP contribution in [0.15, 0.2) is 24.3 Å². The van der Waals surface area contributed by atoms with Crippen LogP contribution in [0.1, 0.15) is 13.3 Å². The van der Waals surface area contributed by atoms with Crippen molar-refractivity contribution in [1.82, 2.24) is 5.32 Å². The lowest BCUT2D eigenvalue weighted by Crippen LogP contribution is -2.57. The zero-order valence-corrected chi connectivity index (χ0v) is 10.1. The van der Waals surface area contributed by atoms with Crippen molar-refractivity contribution in [3.05, 3.63) is 30.1 Å². The average Bonchev–Trinajstić information content (AvgIpc) is 2.31. The largest absolute Gasteiger partial charge is 0.396 e. The minimum Gasteiger partial charge on any atom is -0.396 e. The summed E-state index contributed by atoms with van der Waals surface area (Å²) in [6.07, 6.45) is 0.658. The van der Waals surface area contributed by atoms with Gasteiger partial charge in [0.1, 0.15) is 5.82 Å². The number of nitrogens with zero attached hydrogens (tertiary/aromatic N) is 1. The van der Waals surface area contributed by atoms with Gasteiger partial charge in [0.2, 0.25) is 0 Å². The molecule has 0 aliphatic carbocycles. The van der Waals surface area contributed by atoms with Crippen molar-refractivity contribution in [2.24, 2.45) is 0 Å². The van der Waals surface area contributed by atoms with Crippen LogP contribution in [0.5, 0.6) is 0 Å². The summed E-state index contributed by atoms with van der Waals surface area (Å²) < 4.78 is 13.8. The van der Waals surface area contributed by atoms with Crippen LogP contribution in [0.4, 0.5) is 10.1 Å². The Balaban J connectivity index is 2.28. The number of rotatable bonds is 3. The highest BCUT2D eigenvalue weighted by atomic mass is 19.1. The highest BCUT2D eigenvalue weighted by molar-refractivity contribution is 5.50. The van der Waals surface area contributed by atoms with E-state index >= 15 is 0 Å². The third-order valence-corrected chi connectivity index (χ3v) is 3.28. The number of halogens is 1. The number of nitrogens with one attached hydrogen (secondary N) is 1. The lowest BCUT2D eigenvalue weighted by molar-refractivity contribution is 0.259. The first kappa shape index (κ1) is 12.3. The fraction of sp³-hybridized carbons (Fsp3) is 0.538. The zero-order valence-electron chi connectivity index (χ0n) is 10.1. The molecule has 0 saturated carbocycles. The minimum absolute atomic E-state index is 0.129. The molecule has 2 rings (SSSR count). The lowest BCUT2D eigenvalue weighted by Gasteiger charge is -2.43. The van der Waals surface area contributed by atoms with Crippen molar-refractivity contribution in [2.75, 3.05) is 24.6 Å². The molecule has 1 aromatic carbocycles. The molecule has 0 amide bonds. The molecule has 3 nitrogen and oxygen atoms in total. The Labute approximate surface area is 101 Å². The molecule has 17 heavy (non-hydrogen) atoms. The summed E-state index contributed by atoms with van der Waals surface area (Å²) in [5.41, 5.74) is 0.639.